The van der Waals surface area contributed by atoms with Crippen LogP contribution in [0.4, 0.5) is 5.69 Å². The summed E-state index contributed by atoms with van der Waals surface area (Å²) < 4.78 is 16.3. The van der Waals surface area contributed by atoms with Crippen LogP contribution in [0.2, 0.25) is 0 Å². The second kappa shape index (κ2) is 9.11. The van der Waals surface area contributed by atoms with E-state index in [9.17, 15) is 9.59 Å². The number of aryl methyl sites for hydroxylation is 2. The van der Waals surface area contributed by atoms with E-state index in [0.29, 0.717) is 36.0 Å². The summed E-state index contributed by atoms with van der Waals surface area (Å²) >= 11 is 0. The molecule has 1 aliphatic heterocycles. The predicted octanol–water partition coefficient (Wildman–Crippen LogP) is 3.18. The molecule has 0 radical (unpaired) electrons. The fourth-order valence-corrected chi connectivity index (χ4v) is 2.92. The molecule has 0 unspecified atom stereocenters. The third-order valence-electron chi connectivity index (χ3n) is 4.66. The molecule has 0 atom stereocenters. The number of hydrogen-bond donors (Lipinski definition) is 0. The van der Waals surface area contributed by atoms with Crippen LogP contribution in [0.15, 0.2) is 36.4 Å². The number of hydrogen-bond acceptors (Lipinski definition) is 6. The SMILES string of the molecule is Cc1ccc(C(=O)OCC(=O)N(CCC#N)c2ccc3c(c2)OCCO3)cc1C. The Bertz CT molecular complexity index is 964. The van der Waals surface area contributed by atoms with Crippen LogP contribution in [0, 0.1) is 25.2 Å². The zero-order valence-corrected chi connectivity index (χ0v) is 16.4. The molecule has 0 saturated carbocycles. The topological polar surface area (TPSA) is 88.9 Å². The van der Waals surface area contributed by atoms with Crippen LogP contribution >= 0.6 is 0 Å². The Morgan fingerprint density at radius 3 is 2.55 bits per heavy atom. The molecule has 0 N–H and O–H groups in total. The first-order valence-corrected chi connectivity index (χ1v) is 9.31. The van der Waals surface area contributed by atoms with Gasteiger partial charge in [-0.25, -0.2) is 4.79 Å². The van der Waals surface area contributed by atoms with Crippen LogP contribution in [0.1, 0.15) is 27.9 Å². The molecule has 0 bridgehead atoms. The minimum absolute atomic E-state index is 0.144. The van der Waals surface area contributed by atoms with Gasteiger partial charge in [-0.2, -0.15) is 5.26 Å². The third-order valence-corrected chi connectivity index (χ3v) is 4.66. The first-order chi connectivity index (χ1) is 14.0. The van der Waals surface area contributed by atoms with E-state index in [0.717, 1.165) is 11.1 Å². The summed E-state index contributed by atoms with van der Waals surface area (Å²) in [4.78, 5) is 26.4. The van der Waals surface area contributed by atoms with Gasteiger partial charge >= 0.3 is 5.97 Å². The van der Waals surface area contributed by atoms with Crippen molar-refractivity contribution >= 4 is 17.6 Å². The van der Waals surface area contributed by atoms with Crippen molar-refractivity contribution in [3.05, 3.63) is 53.1 Å². The summed E-state index contributed by atoms with van der Waals surface area (Å²) in [5.41, 5.74) is 2.98. The molecule has 2 aromatic rings. The van der Waals surface area contributed by atoms with Crippen molar-refractivity contribution in [1.82, 2.24) is 0 Å². The highest BCUT2D eigenvalue weighted by atomic mass is 16.6. The second-order valence-electron chi connectivity index (χ2n) is 6.66. The monoisotopic (exact) mass is 394 g/mol. The average Bonchev–Trinajstić information content (AvgIpc) is 2.74. The van der Waals surface area contributed by atoms with E-state index in [1.807, 2.05) is 26.0 Å². The van der Waals surface area contributed by atoms with Gasteiger partial charge in [-0.15, -0.1) is 0 Å². The maximum absolute atomic E-state index is 12.7. The van der Waals surface area contributed by atoms with E-state index >= 15 is 0 Å². The number of anilines is 1. The van der Waals surface area contributed by atoms with E-state index < -0.39 is 18.5 Å². The molecule has 7 nitrogen and oxygen atoms in total. The van der Waals surface area contributed by atoms with Gasteiger partial charge < -0.3 is 19.1 Å². The van der Waals surface area contributed by atoms with Crippen LogP contribution in [-0.4, -0.2) is 38.2 Å². The number of carbonyl (C=O) groups excluding carboxylic acids is 2. The molecule has 1 heterocycles. The van der Waals surface area contributed by atoms with Crippen molar-refractivity contribution in [1.29, 1.82) is 5.26 Å². The van der Waals surface area contributed by atoms with E-state index in [1.165, 1.54) is 4.90 Å². The number of ether oxygens (including phenoxy) is 3. The number of esters is 1. The molecule has 0 spiro atoms. The van der Waals surface area contributed by atoms with Crippen molar-refractivity contribution in [2.75, 3.05) is 31.3 Å². The van der Waals surface area contributed by atoms with Gasteiger partial charge in [0.25, 0.3) is 5.91 Å². The molecule has 0 aliphatic carbocycles. The van der Waals surface area contributed by atoms with Gasteiger partial charge in [-0.1, -0.05) is 6.07 Å². The largest absolute Gasteiger partial charge is 0.486 e. The lowest BCUT2D eigenvalue weighted by Crippen LogP contribution is -2.35. The Labute approximate surface area is 169 Å². The highest BCUT2D eigenvalue weighted by Crippen LogP contribution is 2.34. The first-order valence-electron chi connectivity index (χ1n) is 9.31. The Morgan fingerprint density at radius 1 is 1.07 bits per heavy atom. The fraction of sp³-hybridized carbons (Fsp3) is 0.318. The van der Waals surface area contributed by atoms with Crippen molar-refractivity contribution in [3.8, 4) is 17.6 Å². The molecule has 150 valence electrons. The van der Waals surface area contributed by atoms with Crippen molar-refractivity contribution in [2.45, 2.75) is 20.3 Å². The van der Waals surface area contributed by atoms with Gasteiger partial charge in [-0.3, -0.25) is 4.79 Å². The normalized spacial score (nSPS) is 12.0. The molecule has 1 amide bonds. The standard InChI is InChI=1S/C22H22N2O5/c1-15-4-5-17(12-16(15)2)22(26)29-14-21(25)24(9-3-8-23)18-6-7-19-20(13-18)28-11-10-27-19/h4-7,12-13H,3,9-11,14H2,1-2H3. The summed E-state index contributed by atoms with van der Waals surface area (Å²) in [7, 11) is 0. The summed E-state index contributed by atoms with van der Waals surface area (Å²) in [6, 6.07) is 12.4. The minimum atomic E-state index is -0.566. The summed E-state index contributed by atoms with van der Waals surface area (Å²) in [6.45, 7) is 4.51. The van der Waals surface area contributed by atoms with Crippen molar-refractivity contribution in [2.24, 2.45) is 0 Å². The highest BCUT2D eigenvalue weighted by molar-refractivity contribution is 5.97. The van der Waals surface area contributed by atoms with E-state index in [2.05, 4.69) is 0 Å². The highest BCUT2D eigenvalue weighted by Gasteiger charge is 2.21. The Balaban J connectivity index is 1.71. The lowest BCUT2D eigenvalue weighted by atomic mass is 10.1. The molecule has 1 aliphatic rings. The summed E-state index contributed by atoms with van der Waals surface area (Å²) in [5, 5.41) is 8.93. The number of carbonyl (C=O) groups is 2. The number of nitriles is 1. The van der Waals surface area contributed by atoms with Gasteiger partial charge in [0.05, 0.1) is 18.1 Å². The van der Waals surface area contributed by atoms with E-state index in [1.54, 1.807) is 30.3 Å². The molecule has 3 rings (SSSR count). The van der Waals surface area contributed by atoms with Crippen molar-refractivity contribution < 1.29 is 23.8 Å². The van der Waals surface area contributed by atoms with Gasteiger partial charge in [0, 0.05) is 18.3 Å². The minimum Gasteiger partial charge on any atom is -0.486 e. The zero-order valence-electron chi connectivity index (χ0n) is 16.4. The van der Waals surface area contributed by atoms with Gasteiger partial charge in [0.1, 0.15) is 13.2 Å². The number of fused-ring (bicyclic) bond motifs is 1. The Hall–Kier alpha value is -3.53. The molecule has 0 fully saturated rings. The molecule has 7 heteroatoms. The van der Waals surface area contributed by atoms with Crippen LogP contribution in [0.3, 0.4) is 0 Å². The lowest BCUT2D eigenvalue weighted by Gasteiger charge is -2.24. The zero-order chi connectivity index (χ0) is 20.8. The van der Waals surface area contributed by atoms with Crippen LogP contribution in [-0.2, 0) is 9.53 Å². The molecule has 29 heavy (non-hydrogen) atoms. The Kier molecular flexibility index (Phi) is 6.35. The predicted molar refractivity (Wildman–Crippen MR) is 106 cm³/mol. The number of nitrogens with zero attached hydrogens (tertiary/aromatic N) is 2. The quantitative estimate of drug-likeness (QED) is 0.699. The lowest BCUT2D eigenvalue weighted by molar-refractivity contribution is -0.121. The van der Waals surface area contributed by atoms with Crippen LogP contribution < -0.4 is 14.4 Å². The van der Waals surface area contributed by atoms with E-state index in [-0.39, 0.29) is 13.0 Å². The molecular formula is C22H22N2O5. The summed E-state index contributed by atoms with van der Waals surface area (Å²) in [5.74, 6) is 0.155. The first kappa shape index (κ1) is 20.2. The van der Waals surface area contributed by atoms with Gasteiger partial charge in [0.15, 0.2) is 18.1 Å². The van der Waals surface area contributed by atoms with Crippen LogP contribution in [0.25, 0.3) is 0 Å². The third kappa shape index (κ3) is 4.85. The fourth-order valence-electron chi connectivity index (χ4n) is 2.92. The van der Waals surface area contributed by atoms with Crippen LogP contribution in [0.5, 0.6) is 11.5 Å². The summed E-state index contributed by atoms with van der Waals surface area (Å²) in [6.07, 6.45) is 0.144. The average molecular weight is 394 g/mol. The number of rotatable bonds is 6. The number of benzene rings is 2. The second-order valence-corrected chi connectivity index (χ2v) is 6.66. The molecule has 0 aromatic heterocycles. The molecule has 2 aromatic carbocycles. The maximum atomic E-state index is 12.7. The van der Waals surface area contributed by atoms with Gasteiger partial charge in [-0.05, 0) is 49.2 Å². The molecule has 0 saturated heterocycles. The van der Waals surface area contributed by atoms with Crippen molar-refractivity contribution in [3.63, 3.8) is 0 Å². The molecular weight excluding hydrogens is 372 g/mol. The number of amides is 1. The Morgan fingerprint density at radius 2 is 1.83 bits per heavy atom. The van der Waals surface area contributed by atoms with E-state index in [4.69, 9.17) is 19.5 Å². The smallest absolute Gasteiger partial charge is 0.338 e. The van der Waals surface area contributed by atoms with Gasteiger partial charge in [0.2, 0.25) is 0 Å². The maximum Gasteiger partial charge on any atom is 0.338 e.